The molecule has 0 radical (unpaired) electrons. The van der Waals surface area contributed by atoms with Gasteiger partial charge < -0.3 is 10.6 Å². The average Bonchev–Trinajstić information content (AvgIpc) is 2.78. The van der Waals surface area contributed by atoms with E-state index in [0.29, 0.717) is 11.4 Å². The Morgan fingerprint density at radius 2 is 2.05 bits per heavy atom. The van der Waals surface area contributed by atoms with Gasteiger partial charge in [0.25, 0.3) is 0 Å². The van der Waals surface area contributed by atoms with Crippen molar-refractivity contribution in [1.29, 1.82) is 0 Å². The van der Waals surface area contributed by atoms with Crippen LogP contribution in [-0.2, 0) is 11.2 Å². The second-order valence-electron chi connectivity index (χ2n) is 5.44. The lowest BCUT2D eigenvalue weighted by molar-refractivity contribution is -0.115. The molecular weight excluding hydrogens is 284 g/mol. The highest BCUT2D eigenvalue weighted by Crippen LogP contribution is 2.34. The van der Waals surface area contributed by atoms with Gasteiger partial charge in [-0.05, 0) is 42.7 Å². The summed E-state index contributed by atoms with van der Waals surface area (Å²) in [5, 5.41) is 6.87. The Bertz CT molecular complexity index is 712. The molecule has 2 N–H and O–H groups in total. The lowest BCUT2D eigenvalue weighted by atomic mass is 10.0. The van der Waals surface area contributed by atoms with Crippen molar-refractivity contribution in [2.45, 2.75) is 26.3 Å². The molecule has 3 rings (SSSR count). The first-order valence-corrected chi connectivity index (χ1v) is 7.36. The first-order chi connectivity index (χ1) is 10.0. The van der Waals surface area contributed by atoms with Crippen LogP contribution < -0.4 is 10.6 Å². The maximum atomic E-state index is 11.4. The molecule has 1 heterocycles. The molecule has 0 aromatic heterocycles. The first kappa shape index (κ1) is 14.0. The number of benzene rings is 2. The molecule has 1 unspecified atom stereocenters. The van der Waals surface area contributed by atoms with Gasteiger partial charge in [-0.2, -0.15) is 0 Å². The van der Waals surface area contributed by atoms with Crippen LogP contribution in [0, 0.1) is 6.92 Å². The van der Waals surface area contributed by atoms with Crippen LogP contribution in [-0.4, -0.2) is 5.91 Å². The van der Waals surface area contributed by atoms with E-state index in [9.17, 15) is 4.79 Å². The first-order valence-electron chi connectivity index (χ1n) is 6.99. The van der Waals surface area contributed by atoms with Gasteiger partial charge in [0.05, 0.1) is 17.1 Å². The largest absolute Gasteiger partial charge is 0.377 e. The topological polar surface area (TPSA) is 41.1 Å². The predicted molar refractivity (Wildman–Crippen MR) is 87.0 cm³/mol. The van der Waals surface area contributed by atoms with Gasteiger partial charge >= 0.3 is 0 Å². The molecule has 0 fully saturated rings. The summed E-state index contributed by atoms with van der Waals surface area (Å²) >= 11 is 6.31. The van der Waals surface area contributed by atoms with Crippen LogP contribution in [0.15, 0.2) is 36.4 Å². The van der Waals surface area contributed by atoms with Crippen LogP contribution in [0.1, 0.15) is 29.7 Å². The van der Waals surface area contributed by atoms with Crippen LogP contribution in [0.3, 0.4) is 0 Å². The number of anilines is 2. The van der Waals surface area contributed by atoms with Gasteiger partial charge in [-0.15, -0.1) is 0 Å². The summed E-state index contributed by atoms with van der Waals surface area (Å²) in [6.45, 7) is 4.20. The Kier molecular flexibility index (Phi) is 3.60. The van der Waals surface area contributed by atoms with Crippen LogP contribution in [0.4, 0.5) is 11.4 Å². The third-order valence-corrected chi connectivity index (χ3v) is 4.16. The van der Waals surface area contributed by atoms with Gasteiger partial charge in [0.2, 0.25) is 5.91 Å². The summed E-state index contributed by atoms with van der Waals surface area (Å²) in [5.41, 5.74) is 5.15. The summed E-state index contributed by atoms with van der Waals surface area (Å²) in [6.07, 6.45) is 0.417. The quantitative estimate of drug-likeness (QED) is 0.886. The highest BCUT2D eigenvalue weighted by Gasteiger charge is 2.20. The van der Waals surface area contributed by atoms with Crippen molar-refractivity contribution >= 4 is 28.9 Å². The van der Waals surface area contributed by atoms with Gasteiger partial charge in [0, 0.05) is 11.7 Å². The molecular formula is C17H17ClN2O. The number of fused-ring (bicyclic) bond motifs is 1. The third-order valence-electron chi connectivity index (χ3n) is 3.84. The number of nitrogens with one attached hydrogen (secondary N) is 2. The minimum atomic E-state index is 0.0187. The lowest BCUT2D eigenvalue weighted by Crippen LogP contribution is -2.08. The fraction of sp³-hybridized carbons (Fsp3) is 0.235. The highest BCUT2D eigenvalue weighted by molar-refractivity contribution is 6.33. The normalized spacial score (nSPS) is 14.5. The Labute approximate surface area is 129 Å². The Balaban J connectivity index is 1.87. The molecule has 1 aliphatic heterocycles. The van der Waals surface area contributed by atoms with Crippen molar-refractivity contribution in [1.82, 2.24) is 0 Å². The maximum absolute atomic E-state index is 11.4. The molecule has 0 saturated heterocycles. The molecule has 21 heavy (non-hydrogen) atoms. The van der Waals surface area contributed by atoms with Gasteiger partial charge in [-0.3, -0.25) is 4.79 Å². The maximum Gasteiger partial charge on any atom is 0.228 e. The number of hydrogen-bond acceptors (Lipinski definition) is 2. The van der Waals surface area contributed by atoms with Crippen LogP contribution in [0.5, 0.6) is 0 Å². The van der Waals surface area contributed by atoms with Crippen molar-refractivity contribution in [3.8, 4) is 0 Å². The number of amides is 1. The lowest BCUT2D eigenvalue weighted by Gasteiger charge is -2.19. The van der Waals surface area contributed by atoms with E-state index in [1.165, 1.54) is 11.1 Å². The summed E-state index contributed by atoms with van der Waals surface area (Å²) in [5.74, 6) is 0.0187. The van der Waals surface area contributed by atoms with E-state index in [1.54, 1.807) is 0 Å². The van der Waals surface area contributed by atoms with Gasteiger partial charge in [-0.25, -0.2) is 0 Å². The fourth-order valence-electron chi connectivity index (χ4n) is 2.74. The summed E-state index contributed by atoms with van der Waals surface area (Å²) < 4.78 is 0. The Hall–Kier alpha value is -2.00. The second kappa shape index (κ2) is 5.41. The third kappa shape index (κ3) is 2.74. The molecule has 1 aliphatic rings. The molecule has 1 amide bonds. The van der Waals surface area contributed by atoms with E-state index in [-0.39, 0.29) is 11.9 Å². The molecule has 4 heteroatoms. The zero-order chi connectivity index (χ0) is 15.0. The second-order valence-corrected chi connectivity index (χ2v) is 5.84. The average molecular weight is 301 g/mol. The van der Waals surface area contributed by atoms with E-state index in [0.717, 1.165) is 16.9 Å². The molecule has 0 saturated carbocycles. The number of aryl methyl sites for hydroxylation is 1. The van der Waals surface area contributed by atoms with Gasteiger partial charge in [0.1, 0.15) is 0 Å². The zero-order valence-corrected chi connectivity index (χ0v) is 12.8. The SMILES string of the molecule is Cc1ccccc1C(C)Nc1cc2c(cc1Cl)NC(=O)C2. The smallest absolute Gasteiger partial charge is 0.228 e. The summed E-state index contributed by atoms with van der Waals surface area (Å²) in [7, 11) is 0. The van der Waals surface area contributed by atoms with E-state index in [1.807, 2.05) is 24.3 Å². The minimum absolute atomic E-state index is 0.0187. The number of halogens is 1. The number of hydrogen-bond donors (Lipinski definition) is 2. The van der Waals surface area contributed by atoms with Gasteiger partial charge in [-0.1, -0.05) is 35.9 Å². The molecule has 1 atom stereocenters. The van der Waals surface area contributed by atoms with Crippen LogP contribution >= 0.6 is 11.6 Å². The number of carbonyl (C=O) groups is 1. The van der Waals surface area contributed by atoms with Crippen molar-refractivity contribution in [2.75, 3.05) is 10.6 Å². The fourth-order valence-corrected chi connectivity index (χ4v) is 2.96. The molecule has 3 nitrogen and oxygen atoms in total. The summed E-state index contributed by atoms with van der Waals surface area (Å²) in [4.78, 5) is 11.4. The molecule has 108 valence electrons. The van der Waals surface area contributed by atoms with E-state index in [4.69, 9.17) is 11.6 Å². The molecule has 0 aliphatic carbocycles. The van der Waals surface area contributed by atoms with E-state index in [2.05, 4.69) is 36.6 Å². The van der Waals surface area contributed by atoms with Crippen LogP contribution in [0.2, 0.25) is 5.02 Å². The summed E-state index contributed by atoms with van der Waals surface area (Å²) in [6, 6.07) is 12.2. The highest BCUT2D eigenvalue weighted by atomic mass is 35.5. The van der Waals surface area contributed by atoms with Gasteiger partial charge in [0.15, 0.2) is 0 Å². The standard InChI is InChI=1S/C17H17ClN2O/c1-10-5-3-4-6-13(10)11(2)19-16-7-12-8-17(21)20-15(12)9-14(16)18/h3-7,9,11,19H,8H2,1-2H3,(H,20,21). The van der Waals surface area contributed by atoms with E-state index < -0.39 is 0 Å². The molecule has 0 bridgehead atoms. The van der Waals surface area contributed by atoms with Crippen molar-refractivity contribution in [3.63, 3.8) is 0 Å². The van der Waals surface area contributed by atoms with Crippen molar-refractivity contribution in [3.05, 3.63) is 58.1 Å². The van der Waals surface area contributed by atoms with E-state index >= 15 is 0 Å². The van der Waals surface area contributed by atoms with Crippen molar-refractivity contribution in [2.24, 2.45) is 0 Å². The van der Waals surface area contributed by atoms with Crippen molar-refractivity contribution < 1.29 is 4.79 Å². The molecule has 0 spiro atoms. The Morgan fingerprint density at radius 1 is 1.29 bits per heavy atom. The Morgan fingerprint density at radius 3 is 2.81 bits per heavy atom. The van der Waals surface area contributed by atoms with Crippen LogP contribution in [0.25, 0.3) is 0 Å². The predicted octanol–water partition coefficient (Wildman–Crippen LogP) is 4.32. The zero-order valence-electron chi connectivity index (χ0n) is 12.0. The molecule has 2 aromatic rings. The minimum Gasteiger partial charge on any atom is -0.377 e. The number of carbonyl (C=O) groups excluding carboxylic acids is 1. The number of rotatable bonds is 3. The monoisotopic (exact) mass is 300 g/mol. The molecule has 2 aromatic carbocycles.